The van der Waals surface area contributed by atoms with Crippen LogP contribution >= 0.6 is 0 Å². The maximum Gasteiger partial charge on any atom is 0.299 e. The van der Waals surface area contributed by atoms with E-state index in [1.54, 1.807) is 37.6 Å². The highest BCUT2D eigenvalue weighted by Gasteiger charge is 2.07. The van der Waals surface area contributed by atoms with Gasteiger partial charge in [-0.15, -0.1) is 0 Å². The molecule has 0 spiro atoms. The van der Waals surface area contributed by atoms with Crippen LogP contribution in [-0.4, -0.2) is 26.9 Å². The lowest BCUT2D eigenvalue weighted by molar-refractivity contribution is 0.414. The minimum Gasteiger partial charge on any atom is -0.497 e. The third-order valence-corrected chi connectivity index (χ3v) is 2.68. The number of ether oxygens (including phenoxy) is 1. The van der Waals surface area contributed by atoms with Gasteiger partial charge in [0.25, 0.3) is 5.56 Å². The van der Waals surface area contributed by atoms with Gasteiger partial charge in [0.05, 0.1) is 30.8 Å². The predicted molar refractivity (Wildman–Crippen MR) is 66.0 cm³/mol. The van der Waals surface area contributed by atoms with Crippen molar-refractivity contribution in [3.63, 3.8) is 0 Å². The normalized spacial score (nSPS) is 10.7. The zero-order valence-corrected chi connectivity index (χ0v) is 9.62. The summed E-state index contributed by atoms with van der Waals surface area (Å²) in [6.45, 7) is 0. The molecule has 2 heterocycles. The van der Waals surface area contributed by atoms with E-state index < -0.39 is 0 Å². The molecular formula is C12H10N4O2. The van der Waals surface area contributed by atoms with E-state index in [1.807, 2.05) is 0 Å². The molecule has 6 nitrogen and oxygen atoms in total. The van der Waals surface area contributed by atoms with Crippen molar-refractivity contribution in [2.24, 2.45) is 0 Å². The number of aromatic nitrogens is 4. The minimum atomic E-state index is -0.251. The van der Waals surface area contributed by atoms with Crippen molar-refractivity contribution in [3.8, 4) is 11.4 Å². The van der Waals surface area contributed by atoms with Gasteiger partial charge < -0.3 is 9.72 Å². The number of aromatic amines is 1. The van der Waals surface area contributed by atoms with Crippen LogP contribution in [-0.2, 0) is 0 Å². The zero-order chi connectivity index (χ0) is 12.5. The van der Waals surface area contributed by atoms with Crippen LogP contribution in [0.5, 0.6) is 5.75 Å². The number of rotatable bonds is 2. The lowest BCUT2D eigenvalue weighted by atomic mass is 10.3. The molecule has 1 N–H and O–H groups in total. The molecule has 0 saturated heterocycles. The fraction of sp³-hybridized carbons (Fsp3) is 0.0833. The second-order valence-electron chi connectivity index (χ2n) is 3.72. The van der Waals surface area contributed by atoms with E-state index in [0.717, 1.165) is 5.75 Å². The molecule has 1 aromatic carbocycles. The lowest BCUT2D eigenvalue weighted by Gasteiger charge is -2.05. The Bertz CT molecular complexity index is 743. The van der Waals surface area contributed by atoms with Crippen molar-refractivity contribution in [3.05, 3.63) is 47.1 Å². The maximum atomic E-state index is 12.1. The molecule has 0 saturated carbocycles. The Kier molecular flexibility index (Phi) is 2.33. The molecule has 90 valence electrons. The number of H-pyrrole nitrogens is 1. The highest BCUT2D eigenvalue weighted by atomic mass is 16.5. The molecule has 0 radical (unpaired) electrons. The van der Waals surface area contributed by atoms with E-state index in [-0.39, 0.29) is 5.56 Å². The van der Waals surface area contributed by atoms with E-state index in [2.05, 4.69) is 15.1 Å². The number of fused-ring (bicyclic) bond motifs is 1. The quantitative estimate of drug-likeness (QED) is 0.730. The molecule has 2 aromatic heterocycles. The Morgan fingerprint density at radius 1 is 1.28 bits per heavy atom. The van der Waals surface area contributed by atoms with E-state index in [1.165, 1.54) is 11.0 Å². The fourth-order valence-electron chi connectivity index (χ4n) is 1.75. The summed E-state index contributed by atoms with van der Waals surface area (Å²) in [6.07, 6.45) is 3.06. The zero-order valence-electron chi connectivity index (χ0n) is 9.62. The minimum absolute atomic E-state index is 0.251. The monoisotopic (exact) mass is 242 g/mol. The Morgan fingerprint density at radius 2 is 2.06 bits per heavy atom. The molecule has 0 aliphatic carbocycles. The maximum absolute atomic E-state index is 12.1. The first-order valence-electron chi connectivity index (χ1n) is 5.35. The molecule has 0 fully saturated rings. The van der Waals surface area contributed by atoms with Gasteiger partial charge in [-0.1, -0.05) is 0 Å². The van der Waals surface area contributed by atoms with Gasteiger partial charge in [0, 0.05) is 0 Å². The molecule has 0 bridgehead atoms. The number of benzene rings is 1. The van der Waals surface area contributed by atoms with Gasteiger partial charge in [0.15, 0.2) is 5.52 Å². The summed E-state index contributed by atoms with van der Waals surface area (Å²) in [5, 5.41) is 4.10. The fourth-order valence-corrected chi connectivity index (χ4v) is 1.75. The van der Waals surface area contributed by atoms with Crippen molar-refractivity contribution < 1.29 is 4.74 Å². The van der Waals surface area contributed by atoms with E-state index in [0.29, 0.717) is 16.7 Å². The van der Waals surface area contributed by atoms with Gasteiger partial charge in [-0.05, 0) is 24.3 Å². The highest BCUT2D eigenvalue weighted by Crippen LogP contribution is 2.13. The molecule has 0 aliphatic rings. The van der Waals surface area contributed by atoms with Gasteiger partial charge in [-0.2, -0.15) is 9.78 Å². The van der Waals surface area contributed by atoms with Crippen LogP contribution in [0.2, 0.25) is 0 Å². The first-order valence-corrected chi connectivity index (χ1v) is 5.35. The van der Waals surface area contributed by atoms with Crippen LogP contribution in [0.15, 0.2) is 41.6 Å². The van der Waals surface area contributed by atoms with Crippen molar-refractivity contribution >= 4 is 11.0 Å². The van der Waals surface area contributed by atoms with E-state index in [4.69, 9.17) is 4.74 Å². The number of imidazole rings is 1. The second-order valence-corrected chi connectivity index (χ2v) is 3.72. The molecular weight excluding hydrogens is 232 g/mol. The largest absolute Gasteiger partial charge is 0.497 e. The number of nitrogens with zero attached hydrogens (tertiary/aromatic N) is 3. The van der Waals surface area contributed by atoms with Crippen LogP contribution in [0.4, 0.5) is 0 Å². The highest BCUT2D eigenvalue weighted by molar-refractivity contribution is 5.72. The van der Waals surface area contributed by atoms with E-state index in [9.17, 15) is 4.79 Å². The van der Waals surface area contributed by atoms with Crippen LogP contribution in [0.25, 0.3) is 16.7 Å². The molecule has 0 aliphatic heterocycles. The average Bonchev–Trinajstić information content (AvgIpc) is 2.89. The molecule has 6 heteroatoms. The van der Waals surface area contributed by atoms with Gasteiger partial charge in [-0.3, -0.25) is 4.79 Å². The van der Waals surface area contributed by atoms with Crippen molar-refractivity contribution in [2.75, 3.05) is 7.11 Å². The van der Waals surface area contributed by atoms with Crippen LogP contribution in [0.3, 0.4) is 0 Å². The summed E-state index contributed by atoms with van der Waals surface area (Å²) in [5.74, 6) is 0.729. The standard InChI is InChI=1S/C12H10N4O2/c1-18-9-4-2-8(3-5-9)16-12(17)11-10(6-15-16)13-7-14-11/h2-7H,1H3,(H,13,14). The smallest absolute Gasteiger partial charge is 0.299 e. The summed E-state index contributed by atoms with van der Waals surface area (Å²) in [4.78, 5) is 19.0. The topological polar surface area (TPSA) is 72.8 Å². The first-order chi connectivity index (χ1) is 8.79. The average molecular weight is 242 g/mol. The molecule has 18 heavy (non-hydrogen) atoms. The van der Waals surface area contributed by atoms with Crippen LogP contribution in [0, 0.1) is 0 Å². The lowest BCUT2D eigenvalue weighted by Crippen LogP contribution is -2.20. The Labute approximate surface area is 102 Å². The molecule has 3 rings (SSSR count). The van der Waals surface area contributed by atoms with Crippen LogP contribution in [0.1, 0.15) is 0 Å². The number of nitrogens with one attached hydrogen (secondary N) is 1. The van der Waals surface area contributed by atoms with Gasteiger partial charge in [0.1, 0.15) is 5.75 Å². The Hall–Kier alpha value is -2.63. The Morgan fingerprint density at radius 3 is 2.78 bits per heavy atom. The molecule has 3 aromatic rings. The third kappa shape index (κ3) is 1.55. The summed E-state index contributed by atoms with van der Waals surface area (Å²) in [6, 6.07) is 7.09. The SMILES string of the molecule is COc1ccc(-n2ncc3[nH]cnc3c2=O)cc1. The van der Waals surface area contributed by atoms with Crippen molar-refractivity contribution in [1.29, 1.82) is 0 Å². The summed E-state index contributed by atoms with van der Waals surface area (Å²) >= 11 is 0. The van der Waals surface area contributed by atoms with Crippen molar-refractivity contribution in [2.45, 2.75) is 0 Å². The summed E-state index contributed by atoms with van der Waals surface area (Å²) in [7, 11) is 1.59. The van der Waals surface area contributed by atoms with Crippen LogP contribution < -0.4 is 10.3 Å². The van der Waals surface area contributed by atoms with Gasteiger partial charge in [0.2, 0.25) is 0 Å². The number of methoxy groups -OCH3 is 1. The predicted octanol–water partition coefficient (Wildman–Crippen LogP) is 1.12. The number of hydrogen-bond donors (Lipinski definition) is 1. The summed E-state index contributed by atoms with van der Waals surface area (Å²) < 4.78 is 6.38. The first kappa shape index (κ1) is 10.5. The second kappa shape index (κ2) is 3.99. The van der Waals surface area contributed by atoms with Gasteiger partial charge >= 0.3 is 0 Å². The summed E-state index contributed by atoms with van der Waals surface area (Å²) in [5.41, 5.74) is 1.43. The molecule has 0 unspecified atom stereocenters. The van der Waals surface area contributed by atoms with Gasteiger partial charge in [-0.25, -0.2) is 4.98 Å². The molecule has 0 atom stereocenters. The Balaban J connectivity index is 2.18. The van der Waals surface area contributed by atoms with E-state index >= 15 is 0 Å². The molecule has 0 amide bonds. The third-order valence-electron chi connectivity index (χ3n) is 2.68. The number of hydrogen-bond acceptors (Lipinski definition) is 4. The van der Waals surface area contributed by atoms with Crippen molar-refractivity contribution in [1.82, 2.24) is 19.7 Å².